The van der Waals surface area contributed by atoms with Crippen LogP contribution in [-0.2, 0) is 0 Å². The number of halogens is 1. The largest absolute Gasteiger partial charge is 0.478 e. The minimum absolute atomic E-state index is 0.141. The molecule has 17 heavy (non-hydrogen) atoms. The Morgan fingerprint density at radius 2 is 2.24 bits per heavy atom. The van der Waals surface area contributed by atoms with Gasteiger partial charge in [-0.05, 0) is 29.6 Å². The summed E-state index contributed by atoms with van der Waals surface area (Å²) in [5.74, 6) is -1.01. The van der Waals surface area contributed by atoms with Crippen LogP contribution in [0.25, 0.3) is 0 Å². The van der Waals surface area contributed by atoms with E-state index in [0.29, 0.717) is 10.7 Å². The lowest BCUT2D eigenvalue weighted by molar-refractivity contribution is 0.0698. The summed E-state index contributed by atoms with van der Waals surface area (Å²) in [6.45, 7) is 0. The Morgan fingerprint density at radius 1 is 1.41 bits per heavy atom. The molecule has 0 saturated carbocycles. The summed E-state index contributed by atoms with van der Waals surface area (Å²) in [5, 5.41) is 11.4. The Hall–Kier alpha value is -1.65. The number of hydrogen-bond acceptors (Lipinski definition) is 3. The first-order valence-electron chi connectivity index (χ1n) is 4.77. The van der Waals surface area contributed by atoms with Crippen molar-refractivity contribution in [1.29, 1.82) is 0 Å². The molecule has 0 saturated heterocycles. The summed E-state index contributed by atoms with van der Waals surface area (Å²) < 4.78 is 0. The first-order valence-corrected chi connectivity index (χ1v) is 6.03. The van der Waals surface area contributed by atoms with E-state index in [4.69, 9.17) is 16.7 Å². The number of rotatable bonds is 3. The molecule has 0 aliphatic rings. The van der Waals surface area contributed by atoms with E-state index >= 15 is 0 Å². The predicted octanol–water partition coefficient (Wildman–Crippen LogP) is 3.85. The minimum Gasteiger partial charge on any atom is -0.478 e. The molecule has 1 heterocycles. The Labute approximate surface area is 107 Å². The van der Waals surface area contributed by atoms with E-state index in [9.17, 15) is 4.79 Å². The lowest BCUT2D eigenvalue weighted by Gasteiger charge is -2.00. The number of nitrogens with zero attached hydrogens (tertiary/aromatic N) is 1. The minimum atomic E-state index is -1.01. The van der Waals surface area contributed by atoms with Gasteiger partial charge in [0.1, 0.15) is 0 Å². The van der Waals surface area contributed by atoms with Crippen molar-refractivity contribution >= 4 is 40.8 Å². The van der Waals surface area contributed by atoms with Crippen LogP contribution in [0.15, 0.2) is 40.7 Å². The third-order valence-electron chi connectivity index (χ3n) is 2.06. The summed E-state index contributed by atoms with van der Waals surface area (Å²) in [4.78, 5) is 16.1. The lowest BCUT2D eigenvalue weighted by atomic mass is 10.2. The number of carboxylic acid groups (broad SMARTS) is 1. The molecule has 0 atom stereocenters. The average Bonchev–Trinajstić information content (AvgIpc) is 2.78. The van der Waals surface area contributed by atoms with Gasteiger partial charge in [0, 0.05) is 16.1 Å². The van der Waals surface area contributed by atoms with Crippen molar-refractivity contribution in [3.63, 3.8) is 0 Å². The normalized spacial score (nSPS) is 10.9. The average molecular weight is 266 g/mol. The van der Waals surface area contributed by atoms with Crippen molar-refractivity contribution in [2.75, 3.05) is 0 Å². The van der Waals surface area contributed by atoms with Crippen molar-refractivity contribution in [1.82, 2.24) is 0 Å². The van der Waals surface area contributed by atoms with Gasteiger partial charge in [0.05, 0.1) is 11.3 Å². The Kier molecular flexibility index (Phi) is 3.56. The zero-order chi connectivity index (χ0) is 12.3. The fourth-order valence-electron chi connectivity index (χ4n) is 1.29. The molecular weight excluding hydrogens is 258 g/mol. The molecule has 0 unspecified atom stereocenters. The third-order valence-corrected chi connectivity index (χ3v) is 3.11. The van der Waals surface area contributed by atoms with Gasteiger partial charge in [0.15, 0.2) is 0 Å². The molecular formula is C12H8ClNO2S. The van der Waals surface area contributed by atoms with Crippen LogP contribution >= 0.6 is 22.9 Å². The molecule has 0 aliphatic heterocycles. The number of carboxylic acids is 1. The molecule has 5 heteroatoms. The van der Waals surface area contributed by atoms with E-state index in [1.54, 1.807) is 6.21 Å². The summed E-state index contributed by atoms with van der Waals surface area (Å²) >= 11 is 7.35. The maximum Gasteiger partial charge on any atom is 0.337 e. The monoisotopic (exact) mass is 265 g/mol. The molecule has 0 spiro atoms. The van der Waals surface area contributed by atoms with E-state index in [1.165, 1.54) is 29.5 Å². The summed E-state index contributed by atoms with van der Waals surface area (Å²) in [5.41, 5.74) is 0.501. The van der Waals surface area contributed by atoms with Crippen LogP contribution in [-0.4, -0.2) is 17.3 Å². The molecule has 2 aromatic rings. The first-order chi connectivity index (χ1) is 8.16. The molecule has 0 fully saturated rings. The molecule has 2 rings (SSSR count). The van der Waals surface area contributed by atoms with Crippen molar-refractivity contribution < 1.29 is 9.90 Å². The highest BCUT2D eigenvalue weighted by atomic mass is 35.5. The predicted molar refractivity (Wildman–Crippen MR) is 70.0 cm³/mol. The number of carbonyl (C=O) groups is 1. The standard InChI is InChI=1S/C12H8ClNO2S/c13-8-3-4-10(12(15)16)11(6-8)14-7-9-2-1-5-17-9/h1-7H,(H,15,16). The second-order valence-electron chi connectivity index (χ2n) is 3.24. The third kappa shape index (κ3) is 2.93. The van der Waals surface area contributed by atoms with Gasteiger partial charge in [-0.15, -0.1) is 11.3 Å². The fourth-order valence-corrected chi connectivity index (χ4v) is 2.04. The summed E-state index contributed by atoms with van der Waals surface area (Å²) in [6.07, 6.45) is 1.63. The highest BCUT2D eigenvalue weighted by Gasteiger charge is 2.09. The van der Waals surface area contributed by atoms with Crippen LogP contribution in [0.1, 0.15) is 15.2 Å². The van der Waals surface area contributed by atoms with Crippen LogP contribution < -0.4 is 0 Å². The van der Waals surface area contributed by atoms with Crippen molar-refractivity contribution in [3.8, 4) is 0 Å². The van der Waals surface area contributed by atoms with Crippen molar-refractivity contribution in [3.05, 3.63) is 51.2 Å². The lowest BCUT2D eigenvalue weighted by Crippen LogP contribution is -1.96. The second-order valence-corrected chi connectivity index (χ2v) is 4.66. The molecule has 1 N–H and O–H groups in total. The van der Waals surface area contributed by atoms with Crippen LogP contribution in [0.4, 0.5) is 5.69 Å². The molecule has 0 aliphatic carbocycles. The highest BCUT2D eigenvalue weighted by Crippen LogP contribution is 2.24. The van der Waals surface area contributed by atoms with Crippen molar-refractivity contribution in [2.24, 2.45) is 4.99 Å². The first kappa shape index (κ1) is 11.8. The van der Waals surface area contributed by atoms with E-state index in [2.05, 4.69) is 4.99 Å². The Bertz CT molecular complexity index is 564. The van der Waals surface area contributed by atoms with Crippen LogP contribution in [0.5, 0.6) is 0 Å². The quantitative estimate of drug-likeness (QED) is 0.857. The van der Waals surface area contributed by atoms with Gasteiger partial charge < -0.3 is 5.11 Å². The number of benzene rings is 1. The molecule has 0 amide bonds. The van der Waals surface area contributed by atoms with Gasteiger partial charge in [-0.25, -0.2) is 4.79 Å². The SMILES string of the molecule is O=C(O)c1ccc(Cl)cc1N=Cc1cccs1. The molecule has 3 nitrogen and oxygen atoms in total. The molecule has 0 radical (unpaired) electrons. The topological polar surface area (TPSA) is 49.7 Å². The van der Waals surface area contributed by atoms with Crippen molar-refractivity contribution in [2.45, 2.75) is 0 Å². The van der Waals surface area contributed by atoms with E-state index in [-0.39, 0.29) is 5.56 Å². The smallest absolute Gasteiger partial charge is 0.337 e. The number of hydrogen-bond donors (Lipinski definition) is 1. The molecule has 86 valence electrons. The van der Waals surface area contributed by atoms with Gasteiger partial charge in [0.25, 0.3) is 0 Å². The van der Waals surface area contributed by atoms with Crippen LogP contribution in [0, 0.1) is 0 Å². The number of aromatic carboxylic acids is 1. The Morgan fingerprint density at radius 3 is 2.88 bits per heavy atom. The van der Waals surface area contributed by atoms with Gasteiger partial charge in [0.2, 0.25) is 0 Å². The zero-order valence-electron chi connectivity index (χ0n) is 8.63. The zero-order valence-corrected chi connectivity index (χ0v) is 10.2. The van der Waals surface area contributed by atoms with E-state index in [1.807, 2.05) is 17.5 Å². The van der Waals surface area contributed by atoms with E-state index < -0.39 is 5.97 Å². The van der Waals surface area contributed by atoms with Gasteiger partial charge in [-0.1, -0.05) is 17.7 Å². The molecule has 1 aromatic heterocycles. The van der Waals surface area contributed by atoms with Gasteiger partial charge in [-0.3, -0.25) is 4.99 Å². The maximum absolute atomic E-state index is 11.0. The van der Waals surface area contributed by atoms with Gasteiger partial charge in [-0.2, -0.15) is 0 Å². The van der Waals surface area contributed by atoms with Gasteiger partial charge >= 0.3 is 5.97 Å². The van der Waals surface area contributed by atoms with E-state index in [0.717, 1.165) is 4.88 Å². The number of thiophene rings is 1. The summed E-state index contributed by atoms with van der Waals surface area (Å²) in [7, 11) is 0. The van der Waals surface area contributed by atoms with Crippen LogP contribution in [0.3, 0.4) is 0 Å². The second kappa shape index (κ2) is 5.12. The molecule has 0 bridgehead atoms. The maximum atomic E-state index is 11.0. The number of aliphatic imine (C=N–C) groups is 1. The summed E-state index contributed by atoms with van der Waals surface area (Å²) in [6, 6.07) is 8.33. The molecule has 1 aromatic carbocycles. The highest BCUT2D eigenvalue weighted by molar-refractivity contribution is 7.11. The van der Waals surface area contributed by atoms with Crippen LogP contribution in [0.2, 0.25) is 5.02 Å². The fraction of sp³-hybridized carbons (Fsp3) is 0. The Balaban J connectivity index is 2.37.